The van der Waals surface area contributed by atoms with E-state index in [4.69, 9.17) is 0 Å². The smallest absolute Gasteiger partial charge is 0.335 e. The standard InChI is InChI=1S/C19H24O2/c1-19-9-2-3-17(19)16-7-4-12-11-13(18(20)21)5-6-14(12)15(16)8-10-19/h4-6,11,14-17H,2-3,7-10H2,1H3,(H,20,21)/t14?,15?,16?,17?,19-/m0/s1. The van der Waals surface area contributed by atoms with E-state index in [1.807, 2.05) is 12.2 Å². The molecule has 0 bridgehead atoms. The minimum Gasteiger partial charge on any atom is -0.478 e. The van der Waals surface area contributed by atoms with E-state index in [0.717, 1.165) is 24.2 Å². The molecule has 2 fully saturated rings. The minimum absolute atomic E-state index is 0.442. The van der Waals surface area contributed by atoms with E-state index in [1.54, 1.807) is 0 Å². The van der Waals surface area contributed by atoms with Gasteiger partial charge in [0.15, 0.2) is 0 Å². The highest BCUT2D eigenvalue weighted by atomic mass is 16.4. The molecule has 21 heavy (non-hydrogen) atoms. The predicted octanol–water partition coefficient (Wildman–Crippen LogP) is 4.35. The van der Waals surface area contributed by atoms with E-state index < -0.39 is 5.97 Å². The van der Waals surface area contributed by atoms with Gasteiger partial charge >= 0.3 is 5.97 Å². The Bertz CT molecular complexity index is 568. The maximum atomic E-state index is 11.2. The first-order valence-corrected chi connectivity index (χ1v) is 8.42. The molecule has 0 heterocycles. The average molecular weight is 284 g/mol. The summed E-state index contributed by atoms with van der Waals surface area (Å²) in [5.74, 6) is 2.12. The molecule has 0 aliphatic heterocycles. The van der Waals surface area contributed by atoms with Gasteiger partial charge in [-0.2, -0.15) is 0 Å². The highest BCUT2D eigenvalue weighted by molar-refractivity contribution is 5.91. The molecule has 4 rings (SSSR count). The van der Waals surface area contributed by atoms with Gasteiger partial charge in [-0.3, -0.25) is 0 Å². The third-order valence-corrected chi connectivity index (χ3v) is 6.80. The molecule has 2 heteroatoms. The lowest BCUT2D eigenvalue weighted by Gasteiger charge is -2.50. The summed E-state index contributed by atoms with van der Waals surface area (Å²) < 4.78 is 0. The molecule has 4 aliphatic carbocycles. The van der Waals surface area contributed by atoms with Crippen molar-refractivity contribution in [1.29, 1.82) is 0 Å². The number of carboxylic acids is 1. The zero-order chi connectivity index (χ0) is 14.6. The van der Waals surface area contributed by atoms with Crippen LogP contribution < -0.4 is 0 Å². The van der Waals surface area contributed by atoms with Gasteiger partial charge in [-0.15, -0.1) is 0 Å². The zero-order valence-corrected chi connectivity index (χ0v) is 12.7. The molecule has 0 spiro atoms. The highest BCUT2D eigenvalue weighted by Gasteiger charge is 2.51. The molecule has 1 N–H and O–H groups in total. The Morgan fingerprint density at radius 3 is 2.95 bits per heavy atom. The molecular formula is C19H24O2. The van der Waals surface area contributed by atoms with Crippen LogP contribution in [-0.2, 0) is 4.79 Å². The summed E-state index contributed by atoms with van der Waals surface area (Å²) in [6, 6.07) is 0. The second-order valence-corrected chi connectivity index (χ2v) is 7.75. The molecule has 112 valence electrons. The second-order valence-electron chi connectivity index (χ2n) is 7.75. The number of allylic oxidation sites excluding steroid dienone is 4. The van der Waals surface area contributed by atoms with Crippen molar-refractivity contribution in [3.63, 3.8) is 0 Å². The monoisotopic (exact) mass is 284 g/mol. The molecule has 0 aromatic heterocycles. The van der Waals surface area contributed by atoms with Gasteiger partial charge in [-0.05, 0) is 66.9 Å². The van der Waals surface area contributed by atoms with Crippen molar-refractivity contribution in [1.82, 2.24) is 0 Å². The summed E-state index contributed by atoms with van der Waals surface area (Å²) in [6.45, 7) is 2.51. The Balaban J connectivity index is 1.65. The molecule has 0 amide bonds. The van der Waals surface area contributed by atoms with Crippen molar-refractivity contribution < 1.29 is 9.90 Å². The molecule has 5 atom stereocenters. The maximum Gasteiger partial charge on any atom is 0.335 e. The van der Waals surface area contributed by atoms with Crippen LogP contribution in [0, 0.1) is 29.1 Å². The normalized spacial score (nSPS) is 44.2. The molecule has 0 saturated heterocycles. The van der Waals surface area contributed by atoms with E-state index in [-0.39, 0.29) is 0 Å². The number of rotatable bonds is 1. The summed E-state index contributed by atoms with van der Waals surface area (Å²) in [4.78, 5) is 11.2. The summed E-state index contributed by atoms with van der Waals surface area (Å²) >= 11 is 0. The minimum atomic E-state index is -0.806. The highest BCUT2D eigenvalue weighted by Crippen LogP contribution is 2.60. The van der Waals surface area contributed by atoms with Crippen LogP contribution in [0.5, 0.6) is 0 Å². The van der Waals surface area contributed by atoms with Crippen molar-refractivity contribution in [3.8, 4) is 0 Å². The summed E-state index contributed by atoms with van der Waals surface area (Å²) in [7, 11) is 0. The lowest BCUT2D eigenvalue weighted by atomic mass is 9.54. The Hall–Kier alpha value is -1.31. The Morgan fingerprint density at radius 1 is 1.29 bits per heavy atom. The fraction of sp³-hybridized carbons (Fsp3) is 0.632. The van der Waals surface area contributed by atoms with Crippen molar-refractivity contribution in [2.24, 2.45) is 29.1 Å². The number of hydrogen-bond acceptors (Lipinski definition) is 1. The van der Waals surface area contributed by atoms with E-state index in [2.05, 4.69) is 19.1 Å². The number of fused-ring (bicyclic) bond motifs is 5. The maximum absolute atomic E-state index is 11.2. The third-order valence-electron chi connectivity index (χ3n) is 6.80. The first kappa shape index (κ1) is 13.4. The topological polar surface area (TPSA) is 37.3 Å². The predicted molar refractivity (Wildman–Crippen MR) is 82.7 cm³/mol. The zero-order valence-electron chi connectivity index (χ0n) is 12.7. The van der Waals surface area contributed by atoms with E-state index in [9.17, 15) is 9.90 Å². The first-order chi connectivity index (χ1) is 10.1. The van der Waals surface area contributed by atoms with Crippen LogP contribution in [-0.4, -0.2) is 11.1 Å². The van der Waals surface area contributed by atoms with E-state index in [1.165, 1.54) is 37.7 Å². The quantitative estimate of drug-likeness (QED) is 0.777. The largest absolute Gasteiger partial charge is 0.478 e. The van der Waals surface area contributed by atoms with Crippen LogP contribution in [0.4, 0.5) is 0 Å². The first-order valence-electron chi connectivity index (χ1n) is 8.42. The molecule has 2 nitrogen and oxygen atoms in total. The van der Waals surface area contributed by atoms with Crippen molar-refractivity contribution in [2.45, 2.75) is 45.4 Å². The SMILES string of the molecule is C[C@@]12CCCC1C1CC=C3C=C(C(=O)O)C=CC3C1CC2. The van der Waals surface area contributed by atoms with Crippen LogP contribution in [0.3, 0.4) is 0 Å². The van der Waals surface area contributed by atoms with Crippen LogP contribution >= 0.6 is 0 Å². The van der Waals surface area contributed by atoms with E-state index in [0.29, 0.717) is 16.9 Å². The molecule has 4 unspecified atom stereocenters. The molecule has 0 radical (unpaired) electrons. The lowest BCUT2D eigenvalue weighted by molar-refractivity contribution is -0.132. The molecule has 4 aliphatic rings. The average Bonchev–Trinajstić information content (AvgIpc) is 2.88. The van der Waals surface area contributed by atoms with Gasteiger partial charge in [0.05, 0.1) is 5.57 Å². The third kappa shape index (κ3) is 1.95. The summed E-state index contributed by atoms with van der Waals surface area (Å²) in [5.41, 5.74) is 2.29. The summed E-state index contributed by atoms with van der Waals surface area (Å²) in [6.07, 6.45) is 16.3. The Labute approximate surface area is 126 Å². The van der Waals surface area contributed by atoms with Crippen molar-refractivity contribution in [3.05, 3.63) is 35.5 Å². The van der Waals surface area contributed by atoms with Crippen LogP contribution in [0.25, 0.3) is 0 Å². The van der Waals surface area contributed by atoms with Crippen molar-refractivity contribution in [2.75, 3.05) is 0 Å². The van der Waals surface area contributed by atoms with Gasteiger partial charge in [-0.1, -0.05) is 31.6 Å². The van der Waals surface area contributed by atoms with Gasteiger partial charge in [0.25, 0.3) is 0 Å². The van der Waals surface area contributed by atoms with Crippen LogP contribution in [0.2, 0.25) is 0 Å². The summed E-state index contributed by atoms with van der Waals surface area (Å²) in [5, 5.41) is 9.17. The molecule has 2 saturated carbocycles. The Kier molecular flexibility index (Phi) is 2.92. The van der Waals surface area contributed by atoms with E-state index >= 15 is 0 Å². The molecule has 0 aromatic carbocycles. The van der Waals surface area contributed by atoms with Crippen LogP contribution in [0.15, 0.2) is 35.5 Å². The van der Waals surface area contributed by atoms with Gasteiger partial charge in [0, 0.05) is 5.92 Å². The lowest BCUT2D eigenvalue weighted by Crippen LogP contribution is -2.42. The fourth-order valence-electron chi connectivity index (χ4n) is 5.73. The van der Waals surface area contributed by atoms with Crippen LogP contribution in [0.1, 0.15) is 45.4 Å². The van der Waals surface area contributed by atoms with Gasteiger partial charge in [-0.25, -0.2) is 4.79 Å². The fourth-order valence-corrected chi connectivity index (χ4v) is 5.73. The number of carboxylic acid groups (broad SMARTS) is 1. The molecular weight excluding hydrogens is 260 g/mol. The molecule has 0 aromatic rings. The van der Waals surface area contributed by atoms with Crippen molar-refractivity contribution >= 4 is 5.97 Å². The van der Waals surface area contributed by atoms with Gasteiger partial charge in [0.2, 0.25) is 0 Å². The number of carbonyl (C=O) groups is 1. The number of aliphatic carboxylic acids is 1. The number of hydrogen-bond donors (Lipinski definition) is 1. The second kappa shape index (κ2) is 4.59. The Morgan fingerprint density at radius 2 is 2.14 bits per heavy atom. The van der Waals surface area contributed by atoms with Gasteiger partial charge < -0.3 is 5.11 Å². The van der Waals surface area contributed by atoms with Gasteiger partial charge in [0.1, 0.15) is 0 Å².